The molecule has 1 N–H and O–H groups in total. The Kier molecular flexibility index (Phi) is 7.93. The van der Waals surface area contributed by atoms with Crippen LogP contribution < -0.4 is 5.32 Å². The van der Waals surface area contributed by atoms with Crippen LogP contribution in [0.15, 0.2) is 17.4 Å². The summed E-state index contributed by atoms with van der Waals surface area (Å²) in [5.74, 6) is 1.83. The van der Waals surface area contributed by atoms with E-state index in [9.17, 15) is 4.79 Å². The van der Waals surface area contributed by atoms with Gasteiger partial charge in [0, 0.05) is 53.5 Å². The number of hydrogen-bond donors (Lipinski definition) is 1. The SMILES string of the molecule is CN=C(NCC(C)CN(C)C(=O)OC(C)(C)C)N1CCC(Cc2cnn(C)c2)C1. The lowest BCUT2D eigenvalue weighted by Gasteiger charge is -2.27. The highest BCUT2D eigenvalue weighted by molar-refractivity contribution is 5.80. The highest BCUT2D eigenvalue weighted by atomic mass is 16.6. The fourth-order valence-corrected chi connectivity index (χ4v) is 3.65. The first kappa shape index (κ1) is 23.0. The maximum Gasteiger partial charge on any atom is 0.410 e. The zero-order valence-corrected chi connectivity index (χ0v) is 19.1. The van der Waals surface area contributed by atoms with Crippen molar-refractivity contribution in [2.24, 2.45) is 23.9 Å². The predicted octanol–water partition coefficient (Wildman–Crippen LogP) is 2.36. The average molecular weight is 407 g/mol. The molecule has 2 unspecified atom stereocenters. The summed E-state index contributed by atoms with van der Waals surface area (Å²) in [5, 5.41) is 7.74. The van der Waals surface area contributed by atoms with E-state index in [1.807, 2.05) is 45.7 Å². The number of likely N-dealkylation sites (tertiary alicyclic amines) is 1. The van der Waals surface area contributed by atoms with Gasteiger partial charge in [-0.1, -0.05) is 6.92 Å². The summed E-state index contributed by atoms with van der Waals surface area (Å²) < 4.78 is 7.28. The lowest BCUT2D eigenvalue weighted by molar-refractivity contribution is 0.0278. The van der Waals surface area contributed by atoms with Gasteiger partial charge in [0.05, 0.1) is 6.20 Å². The Labute approximate surface area is 175 Å². The minimum atomic E-state index is -0.475. The molecule has 0 bridgehead atoms. The van der Waals surface area contributed by atoms with E-state index in [4.69, 9.17) is 4.74 Å². The molecule has 1 aromatic rings. The number of carbonyl (C=O) groups excluding carboxylic acids is 1. The number of hydrogen-bond acceptors (Lipinski definition) is 4. The molecule has 0 saturated carbocycles. The molecule has 0 aliphatic carbocycles. The molecule has 1 amide bonds. The molecule has 1 aromatic heterocycles. The van der Waals surface area contributed by atoms with Crippen molar-refractivity contribution >= 4 is 12.1 Å². The second-order valence-corrected chi connectivity index (χ2v) is 9.22. The van der Waals surface area contributed by atoms with Gasteiger partial charge in [0.1, 0.15) is 5.60 Å². The average Bonchev–Trinajstić information content (AvgIpc) is 3.23. The maximum absolute atomic E-state index is 12.1. The van der Waals surface area contributed by atoms with Gasteiger partial charge in [-0.3, -0.25) is 9.67 Å². The second-order valence-electron chi connectivity index (χ2n) is 9.22. The van der Waals surface area contributed by atoms with Crippen LogP contribution >= 0.6 is 0 Å². The number of rotatable bonds is 6. The summed E-state index contributed by atoms with van der Waals surface area (Å²) in [6.07, 6.45) is 5.98. The first-order valence-corrected chi connectivity index (χ1v) is 10.4. The van der Waals surface area contributed by atoms with Crippen LogP contribution in [0.3, 0.4) is 0 Å². The molecule has 1 aliphatic rings. The third kappa shape index (κ3) is 7.59. The number of aliphatic imine (C=N–C) groups is 1. The van der Waals surface area contributed by atoms with Gasteiger partial charge in [-0.25, -0.2) is 4.79 Å². The van der Waals surface area contributed by atoms with E-state index in [0.29, 0.717) is 12.5 Å². The Hall–Kier alpha value is -2.25. The van der Waals surface area contributed by atoms with Crippen molar-refractivity contribution in [1.29, 1.82) is 0 Å². The Morgan fingerprint density at radius 3 is 2.79 bits per heavy atom. The van der Waals surface area contributed by atoms with Crippen LogP contribution in [0, 0.1) is 11.8 Å². The molecule has 0 spiro atoms. The van der Waals surface area contributed by atoms with Gasteiger partial charge < -0.3 is 19.9 Å². The Morgan fingerprint density at radius 1 is 1.48 bits per heavy atom. The zero-order valence-electron chi connectivity index (χ0n) is 19.1. The first-order valence-electron chi connectivity index (χ1n) is 10.4. The van der Waals surface area contributed by atoms with Gasteiger partial charge >= 0.3 is 6.09 Å². The van der Waals surface area contributed by atoms with Crippen molar-refractivity contribution in [2.45, 2.75) is 46.1 Å². The smallest absolute Gasteiger partial charge is 0.410 e. The third-order valence-electron chi connectivity index (χ3n) is 4.98. The summed E-state index contributed by atoms with van der Waals surface area (Å²) in [6.45, 7) is 11.2. The van der Waals surface area contributed by atoms with Gasteiger partial charge in [0.2, 0.25) is 0 Å². The Balaban J connectivity index is 1.76. The molecule has 1 aliphatic heterocycles. The zero-order chi connectivity index (χ0) is 21.6. The van der Waals surface area contributed by atoms with Crippen molar-refractivity contribution in [3.8, 4) is 0 Å². The van der Waals surface area contributed by atoms with Crippen molar-refractivity contribution < 1.29 is 9.53 Å². The summed E-state index contributed by atoms with van der Waals surface area (Å²) >= 11 is 0. The summed E-state index contributed by atoms with van der Waals surface area (Å²) in [7, 11) is 5.56. The molecule has 2 rings (SSSR count). The fraction of sp³-hybridized carbons (Fsp3) is 0.762. The molecule has 8 heteroatoms. The van der Waals surface area contributed by atoms with E-state index in [-0.39, 0.29) is 12.0 Å². The van der Waals surface area contributed by atoms with Crippen LogP contribution in [-0.2, 0) is 18.2 Å². The molecular formula is C21H38N6O2. The van der Waals surface area contributed by atoms with Gasteiger partial charge in [-0.2, -0.15) is 5.10 Å². The minimum absolute atomic E-state index is 0.276. The van der Waals surface area contributed by atoms with Crippen LogP contribution in [-0.4, -0.2) is 77.5 Å². The number of nitrogens with one attached hydrogen (secondary N) is 1. The number of aryl methyl sites for hydroxylation is 1. The highest BCUT2D eigenvalue weighted by Crippen LogP contribution is 2.20. The van der Waals surface area contributed by atoms with Crippen LogP contribution in [0.4, 0.5) is 4.79 Å². The van der Waals surface area contributed by atoms with Crippen LogP contribution in [0.1, 0.15) is 39.7 Å². The normalized spacial score (nSPS) is 18.7. The topological polar surface area (TPSA) is 75.0 Å². The van der Waals surface area contributed by atoms with Gasteiger partial charge in [0.15, 0.2) is 5.96 Å². The molecule has 2 atom stereocenters. The lowest BCUT2D eigenvalue weighted by Crippen LogP contribution is -2.44. The number of amides is 1. The van der Waals surface area contributed by atoms with Crippen LogP contribution in [0.5, 0.6) is 0 Å². The largest absolute Gasteiger partial charge is 0.444 e. The van der Waals surface area contributed by atoms with Crippen molar-refractivity contribution in [1.82, 2.24) is 24.9 Å². The van der Waals surface area contributed by atoms with E-state index in [1.165, 1.54) is 5.56 Å². The van der Waals surface area contributed by atoms with E-state index in [1.54, 1.807) is 11.9 Å². The van der Waals surface area contributed by atoms with E-state index < -0.39 is 5.60 Å². The molecule has 8 nitrogen and oxygen atoms in total. The highest BCUT2D eigenvalue weighted by Gasteiger charge is 2.26. The molecule has 1 saturated heterocycles. The summed E-state index contributed by atoms with van der Waals surface area (Å²) in [5.41, 5.74) is 0.817. The molecule has 2 heterocycles. The van der Waals surface area contributed by atoms with Gasteiger partial charge in [0.25, 0.3) is 0 Å². The van der Waals surface area contributed by atoms with Crippen molar-refractivity contribution in [3.05, 3.63) is 18.0 Å². The molecule has 0 aromatic carbocycles. The molecule has 1 fully saturated rings. The first-order chi connectivity index (χ1) is 13.6. The van der Waals surface area contributed by atoms with E-state index >= 15 is 0 Å². The van der Waals surface area contributed by atoms with E-state index in [0.717, 1.165) is 38.4 Å². The van der Waals surface area contributed by atoms with Crippen molar-refractivity contribution in [2.75, 3.05) is 40.3 Å². The second kappa shape index (κ2) is 9.98. The van der Waals surface area contributed by atoms with Crippen LogP contribution in [0.25, 0.3) is 0 Å². The molecular weight excluding hydrogens is 368 g/mol. The Morgan fingerprint density at radius 2 is 2.21 bits per heavy atom. The monoisotopic (exact) mass is 406 g/mol. The summed E-state index contributed by atoms with van der Waals surface area (Å²) in [4.78, 5) is 20.6. The number of nitrogens with zero attached hydrogens (tertiary/aromatic N) is 5. The quantitative estimate of drug-likeness (QED) is 0.580. The van der Waals surface area contributed by atoms with Gasteiger partial charge in [-0.05, 0) is 51.0 Å². The standard InChI is InChI=1S/C21H38N6O2/c1-16(13-25(6)20(28)29-21(2,3)4)11-23-19(22-5)27-9-8-17(15-27)10-18-12-24-26(7)14-18/h12,14,16-17H,8-11,13,15H2,1-7H3,(H,22,23). The third-order valence-corrected chi connectivity index (χ3v) is 4.98. The number of ether oxygens (including phenoxy) is 1. The Bertz CT molecular complexity index is 694. The van der Waals surface area contributed by atoms with Crippen molar-refractivity contribution in [3.63, 3.8) is 0 Å². The molecule has 164 valence electrons. The predicted molar refractivity (Wildman–Crippen MR) is 116 cm³/mol. The summed E-state index contributed by atoms with van der Waals surface area (Å²) in [6, 6.07) is 0. The lowest BCUT2D eigenvalue weighted by atomic mass is 10.0. The van der Waals surface area contributed by atoms with E-state index in [2.05, 4.69) is 33.4 Å². The number of aromatic nitrogens is 2. The molecule has 29 heavy (non-hydrogen) atoms. The van der Waals surface area contributed by atoms with Crippen LogP contribution in [0.2, 0.25) is 0 Å². The number of carbonyl (C=O) groups is 1. The molecule has 0 radical (unpaired) electrons. The van der Waals surface area contributed by atoms with Gasteiger partial charge in [-0.15, -0.1) is 0 Å². The minimum Gasteiger partial charge on any atom is -0.444 e. The fourth-order valence-electron chi connectivity index (χ4n) is 3.65. The maximum atomic E-state index is 12.1. The number of guanidine groups is 1.